The van der Waals surface area contributed by atoms with Gasteiger partial charge >= 0.3 is 12.4 Å². The maximum atomic E-state index is 13.8. The number of hydrogen-bond donors (Lipinski definition) is 2. The fraction of sp³-hybridized carbons (Fsp3) is 0.404. The molecular formula is C52H60F6N10O2. The number of piperidine rings is 2. The molecule has 4 aromatic heterocycles. The van der Waals surface area contributed by atoms with Gasteiger partial charge in [0.05, 0.1) is 40.8 Å². The average molecular weight is 971 g/mol. The van der Waals surface area contributed by atoms with Gasteiger partial charge in [0.15, 0.2) is 0 Å². The average Bonchev–Trinajstić information content (AvgIpc) is 3.79. The third kappa shape index (κ3) is 13.1. The second-order valence-electron chi connectivity index (χ2n) is 17.6. The maximum absolute atomic E-state index is 13.8. The smallest absolute Gasteiger partial charge is 0.368 e. The molecule has 8 rings (SSSR count). The van der Waals surface area contributed by atoms with Gasteiger partial charge in [-0.25, -0.2) is 9.97 Å². The molecule has 6 aromatic rings. The standard InChI is InChI=1S/C25H28F3N5O.C25H26F3N5O.C2H6/c1-16-6-8-19(21-10-12-32(3)31-21)20(13-16)24(34)33-11-4-5-17(2)22(33)15-30-23-9-7-18(14-29-23)25(26,27)28;1-16-5-7-19(21-14-29-9-10-30-21)20(12-16)24(34)33-11-3-4-17(2)22(33)15-32-23-8-6-18(13-31-23)25(26,27)28;1-2/h6-10,12-14,17,22H,4-5,11,15H2,1-3H3,(H,29,30);5-10,12-14,17,22H,3-4,11,15H2,1-2H3,(H,31,32);1-2H3/t2*17-,22-;/m11./s1. The number of carbonyl (C=O) groups excluding carboxylic acids is 2. The van der Waals surface area contributed by atoms with Gasteiger partial charge in [-0.05, 0) is 93.8 Å². The molecule has 0 spiro atoms. The van der Waals surface area contributed by atoms with Crippen molar-refractivity contribution < 1.29 is 35.9 Å². The van der Waals surface area contributed by atoms with Crippen LogP contribution in [-0.4, -0.2) is 89.6 Å². The molecule has 2 aliphatic rings. The lowest BCUT2D eigenvalue weighted by molar-refractivity contribution is -0.138. The van der Waals surface area contributed by atoms with E-state index in [-0.39, 0.29) is 35.7 Å². The number of nitrogens with zero attached hydrogens (tertiary/aromatic N) is 8. The fourth-order valence-corrected chi connectivity index (χ4v) is 8.80. The Morgan fingerprint density at radius 3 is 1.49 bits per heavy atom. The molecule has 0 radical (unpaired) electrons. The van der Waals surface area contributed by atoms with Crippen LogP contribution in [0.1, 0.15) is 96.3 Å². The zero-order chi connectivity index (χ0) is 50.8. The van der Waals surface area contributed by atoms with Gasteiger partial charge < -0.3 is 20.4 Å². The van der Waals surface area contributed by atoms with Crippen LogP contribution in [0.15, 0.2) is 104 Å². The van der Waals surface area contributed by atoms with Crippen molar-refractivity contribution in [2.45, 2.75) is 91.7 Å². The maximum Gasteiger partial charge on any atom is 0.417 e. The van der Waals surface area contributed by atoms with E-state index in [0.717, 1.165) is 78.2 Å². The number of alkyl halides is 6. The molecule has 2 fully saturated rings. The predicted molar refractivity (Wildman–Crippen MR) is 259 cm³/mol. The monoisotopic (exact) mass is 970 g/mol. The molecular weight excluding hydrogens is 911 g/mol. The first-order valence-electron chi connectivity index (χ1n) is 23.5. The summed E-state index contributed by atoms with van der Waals surface area (Å²) < 4.78 is 78.6. The number of rotatable bonds is 10. The van der Waals surface area contributed by atoms with Crippen LogP contribution in [0.4, 0.5) is 38.0 Å². The highest BCUT2D eigenvalue weighted by molar-refractivity contribution is 6.01. The van der Waals surface area contributed by atoms with Gasteiger partial charge in [-0.2, -0.15) is 31.4 Å². The van der Waals surface area contributed by atoms with E-state index in [1.54, 1.807) is 23.3 Å². The first-order chi connectivity index (χ1) is 33.4. The molecule has 6 heterocycles. The topological polar surface area (TPSA) is 134 Å². The van der Waals surface area contributed by atoms with Crippen LogP contribution in [0.5, 0.6) is 0 Å². The Balaban J connectivity index is 0.000000222. The van der Waals surface area contributed by atoms with Crippen LogP contribution in [0.2, 0.25) is 0 Å². The van der Waals surface area contributed by atoms with E-state index in [1.165, 1.54) is 12.1 Å². The zero-order valence-corrected chi connectivity index (χ0v) is 40.4. The predicted octanol–water partition coefficient (Wildman–Crippen LogP) is 11.4. The van der Waals surface area contributed by atoms with E-state index in [4.69, 9.17) is 0 Å². The number of pyridine rings is 2. The molecule has 372 valence electrons. The van der Waals surface area contributed by atoms with Crippen molar-refractivity contribution in [3.05, 3.63) is 137 Å². The molecule has 2 aliphatic heterocycles. The minimum Gasteiger partial charge on any atom is -0.368 e. The Morgan fingerprint density at radius 1 is 0.629 bits per heavy atom. The second kappa shape index (κ2) is 23.2. The zero-order valence-electron chi connectivity index (χ0n) is 40.4. The van der Waals surface area contributed by atoms with Crippen molar-refractivity contribution in [2.24, 2.45) is 18.9 Å². The Labute approximate surface area is 405 Å². The lowest BCUT2D eigenvalue weighted by Crippen LogP contribution is -2.51. The third-order valence-corrected chi connectivity index (χ3v) is 12.6. The van der Waals surface area contributed by atoms with Crippen molar-refractivity contribution in [1.82, 2.24) is 39.5 Å². The number of carbonyl (C=O) groups is 2. The number of hydrogen-bond acceptors (Lipinski definition) is 9. The minimum atomic E-state index is -4.43. The van der Waals surface area contributed by atoms with Crippen molar-refractivity contribution >= 4 is 23.5 Å². The first kappa shape index (κ1) is 52.5. The van der Waals surface area contributed by atoms with Crippen LogP contribution in [-0.2, 0) is 19.4 Å². The number of likely N-dealkylation sites (tertiary alicyclic amines) is 2. The molecule has 18 heteroatoms. The van der Waals surface area contributed by atoms with Crippen LogP contribution >= 0.6 is 0 Å². The summed E-state index contributed by atoms with van der Waals surface area (Å²) in [5, 5.41) is 10.7. The number of nitrogens with one attached hydrogen (secondary N) is 2. The van der Waals surface area contributed by atoms with Crippen LogP contribution in [0.25, 0.3) is 22.5 Å². The van der Waals surface area contributed by atoms with Gasteiger partial charge in [0.1, 0.15) is 11.6 Å². The Bertz CT molecular complexity index is 2660. The van der Waals surface area contributed by atoms with Gasteiger partial charge in [0, 0.05) is 86.5 Å². The summed E-state index contributed by atoms with van der Waals surface area (Å²) in [4.78, 5) is 47.6. The van der Waals surface area contributed by atoms with Gasteiger partial charge in [-0.15, -0.1) is 0 Å². The number of benzene rings is 2. The van der Waals surface area contributed by atoms with E-state index in [0.29, 0.717) is 54.6 Å². The summed E-state index contributed by atoms with van der Waals surface area (Å²) >= 11 is 0. The number of anilines is 2. The largest absolute Gasteiger partial charge is 0.417 e. The van der Waals surface area contributed by atoms with Gasteiger partial charge in [0.25, 0.3) is 11.8 Å². The molecule has 2 saturated heterocycles. The van der Waals surface area contributed by atoms with E-state index in [2.05, 4.69) is 49.5 Å². The normalized spacial score (nSPS) is 18.2. The van der Waals surface area contributed by atoms with Gasteiger partial charge in [-0.3, -0.25) is 24.2 Å². The second-order valence-corrected chi connectivity index (χ2v) is 17.6. The third-order valence-electron chi connectivity index (χ3n) is 12.6. The molecule has 0 aliphatic carbocycles. The van der Waals surface area contributed by atoms with Crippen LogP contribution in [0, 0.1) is 25.7 Å². The van der Waals surface area contributed by atoms with Crippen LogP contribution < -0.4 is 10.6 Å². The fourth-order valence-electron chi connectivity index (χ4n) is 8.80. The van der Waals surface area contributed by atoms with E-state index < -0.39 is 23.5 Å². The summed E-state index contributed by atoms with van der Waals surface area (Å²) in [6.07, 6.45) is 3.15. The lowest BCUT2D eigenvalue weighted by Gasteiger charge is -2.40. The molecule has 2 N–H and O–H groups in total. The molecule has 2 amide bonds. The van der Waals surface area contributed by atoms with Gasteiger partial charge in [0.2, 0.25) is 0 Å². The molecule has 0 bridgehead atoms. The SMILES string of the molecule is CC.Cc1ccc(-c2ccn(C)n2)c(C(=O)N2CCC[C@@H](C)[C@H]2CNc2ccc(C(F)(F)F)cn2)c1.Cc1ccc(-c2cnccn2)c(C(=O)N2CCC[C@@H](C)[C@H]2CNc2ccc(C(F)(F)F)cn2)c1. The molecule has 70 heavy (non-hydrogen) atoms. The van der Waals surface area contributed by atoms with E-state index in [9.17, 15) is 35.9 Å². The highest BCUT2D eigenvalue weighted by atomic mass is 19.4. The van der Waals surface area contributed by atoms with E-state index in [1.807, 2.05) is 93.2 Å². The minimum absolute atomic E-state index is 0.0666. The van der Waals surface area contributed by atoms with E-state index >= 15 is 0 Å². The number of aryl methyl sites for hydroxylation is 3. The summed E-state index contributed by atoms with van der Waals surface area (Å²) in [5.41, 5.74) is 4.39. The Morgan fingerprint density at radius 2 is 1.10 bits per heavy atom. The highest BCUT2D eigenvalue weighted by Crippen LogP contribution is 2.34. The van der Waals surface area contributed by atoms with Crippen molar-refractivity contribution in [2.75, 3.05) is 36.8 Å². The van der Waals surface area contributed by atoms with Crippen LogP contribution in [0.3, 0.4) is 0 Å². The number of aromatic nitrogens is 6. The molecule has 0 saturated carbocycles. The van der Waals surface area contributed by atoms with Crippen molar-refractivity contribution in [1.29, 1.82) is 0 Å². The summed E-state index contributed by atoms with van der Waals surface area (Å²) in [5.74, 6) is 0.968. The summed E-state index contributed by atoms with van der Waals surface area (Å²) in [7, 11) is 1.84. The highest BCUT2D eigenvalue weighted by Gasteiger charge is 2.36. The molecule has 2 aromatic carbocycles. The number of amides is 2. The lowest BCUT2D eigenvalue weighted by atomic mass is 9.89. The van der Waals surface area contributed by atoms with Crippen molar-refractivity contribution in [3.63, 3.8) is 0 Å². The first-order valence-corrected chi connectivity index (χ1v) is 23.5. The Hall–Kier alpha value is -6.85. The summed E-state index contributed by atoms with van der Waals surface area (Å²) in [6.45, 7) is 14.1. The number of halogens is 6. The quantitative estimate of drug-likeness (QED) is 0.129. The molecule has 0 unspecified atom stereocenters. The molecule has 12 nitrogen and oxygen atoms in total. The van der Waals surface area contributed by atoms with Gasteiger partial charge in [-0.1, -0.05) is 63.1 Å². The molecule has 4 atom stereocenters. The van der Waals surface area contributed by atoms with Crippen molar-refractivity contribution in [3.8, 4) is 22.5 Å². The summed E-state index contributed by atoms with van der Waals surface area (Å²) in [6, 6.07) is 17.8. The Kier molecular flexibility index (Phi) is 17.4.